The lowest BCUT2D eigenvalue weighted by Crippen LogP contribution is -2.55. The summed E-state index contributed by atoms with van der Waals surface area (Å²) in [6.07, 6.45) is 1.03. The number of amidine groups is 1. The normalized spacial score (nSPS) is 22.4. The molecule has 0 fully saturated rings. The summed E-state index contributed by atoms with van der Waals surface area (Å²) in [5.41, 5.74) is 4.23. The zero-order chi connectivity index (χ0) is 22.5. The van der Waals surface area contributed by atoms with Gasteiger partial charge in [-0.15, -0.1) is 0 Å². The molecule has 6 nitrogen and oxygen atoms in total. The largest absolute Gasteiger partial charge is 0.386 e. The second kappa shape index (κ2) is 7.39. The molecule has 1 aliphatic heterocycles. The molecule has 1 atom stereocenters. The Bertz CT molecular complexity index is 1160. The third kappa shape index (κ3) is 3.83. The number of nitrogens with zero attached hydrogens (tertiary/aromatic N) is 2. The van der Waals surface area contributed by atoms with Gasteiger partial charge in [-0.05, 0) is 50.6 Å². The summed E-state index contributed by atoms with van der Waals surface area (Å²) in [6, 6.07) is 5.06. The molecule has 3 rings (SSSR count). The first-order valence-electron chi connectivity index (χ1n) is 8.98. The predicted molar refractivity (Wildman–Crippen MR) is 110 cm³/mol. The Kier molecular flexibility index (Phi) is 5.49. The summed E-state index contributed by atoms with van der Waals surface area (Å²) in [4.78, 5) is 20.6. The number of aromatic nitrogens is 1. The molecule has 160 valence electrons. The first-order valence-corrected chi connectivity index (χ1v) is 11.0. The molecule has 0 aliphatic carbocycles. The van der Waals surface area contributed by atoms with Gasteiger partial charge in [0.1, 0.15) is 21.8 Å². The van der Waals surface area contributed by atoms with E-state index in [4.69, 9.17) is 17.3 Å². The minimum absolute atomic E-state index is 0.112. The molecule has 0 unspecified atom stereocenters. The van der Waals surface area contributed by atoms with Crippen molar-refractivity contribution < 1.29 is 22.0 Å². The van der Waals surface area contributed by atoms with E-state index in [2.05, 4.69) is 9.98 Å². The number of hydrogen-bond donors (Lipinski definition) is 1. The van der Waals surface area contributed by atoms with Crippen molar-refractivity contribution in [3.63, 3.8) is 0 Å². The van der Waals surface area contributed by atoms with Crippen molar-refractivity contribution in [1.82, 2.24) is 4.98 Å². The maximum Gasteiger partial charge on any atom is 0.185 e. The highest BCUT2D eigenvalue weighted by molar-refractivity contribution is 7.93. The molecule has 30 heavy (non-hydrogen) atoms. The molecule has 2 heterocycles. The van der Waals surface area contributed by atoms with Crippen molar-refractivity contribution in [3.05, 3.63) is 63.9 Å². The zero-order valence-electron chi connectivity index (χ0n) is 16.5. The van der Waals surface area contributed by atoms with E-state index in [1.807, 2.05) is 0 Å². The molecule has 0 saturated carbocycles. The van der Waals surface area contributed by atoms with Crippen LogP contribution in [0.2, 0.25) is 5.02 Å². The number of Topliss-reactive ketones (excluding diaryl/α,β-unsaturated/α-hetero) is 1. The van der Waals surface area contributed by atoms with E-state index in [1.165, 1.54) is 45.2 Å². The maximum absolute atomic E-state index is 14.7. The number of hydrogen-bond acceptors (Lipinski definition) is 6. The lowest BCUT2D eigenvalue weighted by molar-refractivity contribution is 0.0988. The monoisotopic (exact) mass is 455 g/mol. The molecular formula is C20H20ClF2N3O3S. The van der Waals surface area contributed by atoms with Crippen LogP contribution in [0.25, 0.3) is 0 Å². The highest BCUT2D eigenvalue weighted by Crippen LogP contribution is 2.38. The summed E-state index contributed by atoms with van der Waals surface area (Å²) in [5, 5.41) is 0.353. The predicted octanol–water partition coefficient (Wildman–Crippen LogP) is 3.22. The smallest absolute Gasteiger partial charge is 0.185 e. The van der Waals surface area contributed by atoms with Crippen LogP contribution in [-0.2, 0) is 21.8 Å². The molecule has 1 aromatic carbocycles. The van der Waals surface area contributed by atoms with Crippen LogP contribution in [0.5, 0.6) is 0 Å². The van der Waals surface area contributed by atoms with E-state index in [1.54, 1.807) is 0 Å². The summed E-state index contributed by atoms with van der Waals surface area (Å²) in [6.45, 7) is 4.19. The molecule has 0 saturated heterocycles. The van der Waals surface area contributed by atoms with Gasteiger partial charge in [0.05, 0.1) is 10.8 Å². The summed E-state index contributed by atoms with van der Waals surface area (Å²) in [7, 11) is -3.81. The maximum atomic E-state index is 14.7. The molecule has 0 amide bonds. The molecule has 0 radical (unpaired) electrons. The van der Waals surface area contributed by atoms with Gasteiger partial charge in [0.25, 0.3) is 0 Å². The van der Waals surface area contributed by atoms with Crippen LogP contribution in [0.1, 0.15) is 42.4 Å². The van der Waals surface area contributed by atoms with E-state index in [9.17, 15) is 22.0 Å². The third-order valence-electron chi connectivity index (χ3n) is 5.28. The molecule has 1 aliphatic rings. The van der Waals surface area contributed by atoms with Crippen LogP contribution in [0.15, 0.2) is 35.5 Å². The minimum atomic E-state index is -3.81. The molecule has 1 aromatic heterocycles. The average molecular weight is 456 g/mol. The first-order chi connectivity index (χ1) is 13.8. The van der Waals surface area contributed by atoms with Crippen LogP contribution in [0.3, 0.4) is 0 Å². The number of sulfone groups is 1. The van der Waals surface area contributed by atoms with E-state index in [0.29, 0.717) is 5.02 Å². The lowest BCUT2D eigenvalue weighted by atomic mass is 9.90. The molecule has 0 bridgehead atoms. The number of pyridine rings is 1. The van der Waals surface area contributed by atoms with Crippen LogP contribution in [0.4, 0.5) is 8.78 Å². The number of rotatable bonds is 4. The van der Waals surface area contributed by atoms with Crippen LogP contribution in [0, 0.1) is 11.6 Å². The second-order valence-electron chi connectivity index (χ2n) is 7.94. The molecule has 2 aromatic rings. The van der Waals surface area contributed by atoms with Gasteiger partial charge < -0.3 is 5.73 Å². The number of carbonyl (C=O) groups is 1. The number of halogens is 3. The number of nitrogens with two attached hydrogens (primary N) is 1. The fourth-order valence-corrected chi connectivity index (χ4v) is 5.03. The van der Waals surface area contributed by atoms with Gasteiger partial charge in [0.15, 0.2) is 27.3 Å². The van der Waals surface area contributed by atoms with Crippen molar-refractivity contribution in [2.45, 2.75) is 37.5 Å². The Morgan fingerprint density at radius 1 is 1.23 bits per heavy atom. The minimum Gasteiger partial charge on any atom is -0.386 e. The van der Waals surface area contributed by atoms with Gasteiger partial charge in [-0.25, -0.2) is 17.2 Å². The highest BCUT2D eigenvalue weighted by atomic mass is 35.5. The zero-order valence-corrected chi connectivity index (χ0v) is 18.1. The van der Waals surface area contributed by atoms with E-state index in [0.717, 1.165) is 6.07 Å². The Balaban J connectivity index is 2.05. The number of carbonyl (C=O) groups excluding carboxylic acids is 1. The number of aliphatic imine (C=N–C) groups is 1. The fourth-order valence-electron chi connectivity index (χ4n) is 3.24. The van der Waals surface area contributed by atoms with Crippen LogP contribution in [-0.4, -0.2) is 35.5 Å². The van der Waals surface area contributed by atoms with Gasteiger partial charge in [-0.2, -0.15) is 0 Å². The van der Waals surface area contributed by atoms with E-state index >= 15 is 0 Å². The van der Waals surface area contributed by atoms with Gasteiger partial charge in [-0.3, -0.25) is 14.8 Å². The summed E-state index contributed by atoms with van der Waals surface area (Å²) >= 11 is 5.75. The SMILES string of the molecule is CC1(C)C(N)=N[C@@](C)(c2cc(CC(=O)c3ccc(Cl)cn3)cc(F)c2F)CS1(=O)=O. The van der Waals surface area contributed by atoms with Crippen molar-refractivity contribution in [3.8, 4) is 0 Å². The van der Waals surface area contributed by atoms with Gasteiger partial charge >= 0.3 is 0 Å². The number of ketones is 1. The highest BCUT2D eigenvalue weighted by Gasteiger charge is 2.49. The third-order valence-corrected chi connectivity index (χ3v) is 8.21. The lowest BCUT2D eigenvalue weighted by Gasteiger charge is -2.38. The Hall–Kier alpha value is -2.39. The average Bonchev–Trinajstić information content (AvgIpc) is 2.63. The van der Waals surface area contributed by atoms with Crippen molar-refractivity contribution in [2.75, 3.05) is 5.75 Å². The molecule has 2 N–H and O–H groups in total. The summed E-state index contributed by atoms with van der Waals surface area (Å²) in [5.74, 6) is -3.63. The standard InChI is InChI=1S/C20H20ClF2N3O3S/c1-19(2)18(24)26-20(3,10-30(19,28)29)13-6-11(7-14(22)17(13)23)8-16(27)15-5-4-12(21)9-25-15/h4-7,9H,8,10H2,1-3H3,(H2,24,26)/t20-/m1/s1. The number of benzene rings is 1. The Morgan fingerprint density at radius 3 is 2.47 bits per heavy atom. The molecule has 0 spiro atoms. The van der Waals surface area contributed by atoms with Crippen molar-refractivity contribution in [2.24, 2.45) is 10.7 Å². The van der Waals surface area contributed by atoms with Crippen LogP contribution >= 0.6 is 11.6 Å². The first kappa shape index (κ1) is 22.3. The van der Waals surface area contributed by atoms with Crippen molar-refractivity contribution >= 4 is 33.1 Å². The van der Waals surface area contributed by atoms with E-state index < -0.39 is 43.3 Å². The Morgan fingerprint density at radius 2 is 1.90 bits per heavy atom. The van der Waals surface area contributed by atoms with Gasteiger partial charge in [0.2, 0.25) is 0 Å². The Labute approximate surface area is 178 Å². The van der Waals surface area contributed by atoms with E-state index in [-0.39, 0.29) is 29.1 Å². The molecule has 10 heteroatoms. The topological polar surface area (TPSA) is 102 Å². The van der Waals surface area contributed by atoms with Gasteiger partial charge in [0, 0.05) is 18.2 Å². The summed E-state index contributed by atoms with van der Waals surface area (Å²) < 4.78 is 53.1. The van der Waals surface area contributed by atoms with Crippen molar-refractivity contribution in [1.29, 1.82) is 0 Å². The van der Waals surface area contributed by atoms with Gasteiger partial charge in [-0.1, -0.05) is 11.6 Å². The molecular weight excluding hydrogens is 436 g/mol. The fraction of sp³-hybridized carbons (Fsp3) is 0.350. The second-order valence-corrected chi connectivity index (χ2v) is 10.9. The quantitative estimate of drug-likeness (QED) is 0.713. The van der Waals surface area contributed by atoms with Crippen LogP contribution < -0.4 is 5.73 Å².